The van der Waals surface area contributed by atoms with E-state index in [0.29, 0.717) is 12.6 Å². The highest BCUT2D eigenvalue weighted by atomic mass is 16.2. The molecule has 0 radical (unpaired) electrons. The minimum atomic E-state index is -0.672. The Kier molecular flexibility index (Phi) is 5.67. The average molecular weight is 393 g/mol. The van der Waals surface area contributed by atoms with E-state index in [1.165, 1.54) is 20.9 Å². The highest BCUT2D eigenvalue weighted by Crippen LogP contribution is 2.35. The van der Waals surface area contributed by atoms with Gasteiger partial charge >= 0.3 is 6.03 Å². The number of hydrogen-bond acceptors (Lipinski definition) is 2. The maximum Gasteiger partial charge on any atom is 0.329 e. The lowest BCUT2D eigenvalue weighted by Gasteiger charge is -2.33. The number of carbonyl (C=O) groups is 2. The van der Waals surface area contributed by atoms with E-state index >= 15 is 0 Å². The van der Waals surface area contributed by atoms with Gasteiger partial charge < -0.3 is 10.2 Å². The average Bonchev–Trinajstić information content (AvgIpc) is 2.96. The van der Waals surface area contributed by atoms with Crippen molar-refractivity contribution in [2.45, 2.75) is 51.2 Å². The standard InChI is InChI=1S/C24H29N3O2/c1-19-12-14-24(15-13-19)22(28)27(23(29)25-24)18-26(16-20-8-4-2-5-9-20)17-21-10-6-3-7-11-21/h2-11,19H,12-18H2,1H3,(H,25,29)/p+1. The SMILES string of the molecule is CC1CCC2(CC1)NC(=O)N(C[NH+](Cc1ccccc1)Cc1ccccc1)C2=O. The van der Waals surface area contributed by atoms with Crippen LogP contribution in [-0.2, 0) is 17.9 Å². The molecule has 1 spiro atoms. The Morgan fingerprint density at radius 3 is 1.97 bits per heavy atom. The predicted octanol–water partition coefficient (Wildman–Crippen LogP) is 2.73. The molecule has 2 aliphatic rings. The minimum Gasteiger partial charge on any atom is -0.323 e. The summed E-state index contributed by atoms with van der Waals surface area (Å²) in [5.74, 6) is 0.589. The first-order valence-electron chi connectivity index (χ1n) is 10.6. The molecule has 1 aliphatic carbocycles. The second-order valence-electron chi connectivity index (χ2n) is 8.66. The van der Waals surface area contributed by atoms with Crippen molar-refractivity contribution in [2.24, 2.45) is 5.92 Å². The zero-order valence-corrected chi connectivity index (χ0v) is 17.1. The normalized spacial score (nSPS) is 24.3. The Bertz CT molecular complexity index is 803. The number of benzene rings is 2. The minimum absolute atomic E-state index is 0.0342. The van der Waals surface area contributed by atoms with E-state index in [0.717, 1.165) is 38.8 Å². The molecule has 1 saturated heterocycles. The molecule has 1 saturated carbocycles. The maximum absolute atomic E-state index is 13.3. The lowest BCUT2D eigenvalue weighted by atomic mass is 9.77. The molecule has 152 valence electrons. The van der Waals surface area contributed by atoms with Gasteiger partial charge in [0, 0.05) is 11.1 Å². The number of nitrogens with zero attached hydrogens (tertiary/aromatic N) is 1. The third-order valence-electron chi connectivity index (χ3n) is 6.35. The summed E-state index contributed by atoms with van der Waals surface area (Å²) < 4.78 is 0. The van der Waals surface area contributed by atoms with Crippen molar-refractivity contribution in [3.8, 4) is 0 Å². The largest absolute Gasteiger partial charge is 0.329 e. The molecule has 2 N–H and O–H groups in total. The summed E-state index contributed by atoms with van der Waals surface area (Å²) in [4.78, 5) is 28.7. The smallest absolute Gasteiger partial charge is 0.323 e. The molecule has 3 amide bonds. The van der Waals surface area contributed by atoms with Crippen molar-refractivity contribution in [3.05, 3.63) is 71.8 Å². The van der Waals surface area contributed by atoms with Crippen LogP contribution in [-0.4, -0.2) is 29.0 Å². The van der Waals surface area contributed by atoms with Crippen LogP contribution in [0.5, 0.6) is 0 Å². The fourth-order valence-corrected chi connectivity index (χ4v) is 4.58. The van der Waals surface area contributed by atoms with Crippen LogP contribution in [0.3, 0.4) is 0 Å². The van der Waals surface area contributed by atoms with Gasteiger partial charge in [0.15, 0.2) is 6.67 Å². The van der Waals surface area contributed by atoms with Gasteiger partial charge in [-0.3, -0.25) is 4.79 Å². The van der Waals surface area contributed by atoms with Gasteiger partial charge in [-0.25, -0.2) is 9.69 Å². The van der Waals surface area contributed by atoms with E-state index in [-0.39, 0.29) is 11.9 Å². The van der Waals surface area contributed by atoms with E-state index in [1.54, 1.807) is 0 Å². The third kappa shape index (κ3) is 4.35. The monoisotopic (exact) mass is 392 g/mol. The summed E-state index contributed by atoms with van der Waals surface area (Å²) >= 11 is 0. The molecule has 0 bridgehead atoms. The van der Waals surface area contributed by atoms with E-state index in [4.69, 9.17) is 0 Å². The number of carbonyl (C=O) groups excluding carboxylic acids is 2. The molecule has 5 nitrogen and oxygen atoms in total. The van der Waals surface area contributed by atoms with Gasteiger partial charge in [0.2, 0.25) is 0 Å². The molecule has 2 aromatic carbocycles. The molecule has 2 aromatic rings. The van der Waals surface area contributed by atoms with E-state index < -0.39 is 5.54 Å². The van der Waals surface area contributed by atoms with E-state index in [1.807, 2.05) is 36.4 Å². The number of amides is 3. The number of hydrogen-bond donors (Lipinski definition) is 2. The fourth-order valence-electron chi connectivity index (χ4n) is 4.58. The van der Waals surface area contributed by atoms with Gasteiger partial charge in [0.05, 0.1) is 0 Å². The summed E-state index contributed by atoms with van der Waals surface area (Å²) in [6, 6.07) is 20.3. The Labute approximate surface area is 172 Å². The van der Waals surface area contributed by atoms with Crippen molar-refractivity contribution in [3.63, 3.8) is 0 Å². The van der Waals surface area contributed by atoms with Crippen LogP contribution in [0.2, 0.25) is 0 Å². The second kappa shape index (κ2) is 8.37. The summed E-state index contributed by atoms with van der Waals surface area (Å²) in [5, 5.41) is 3.05. The zero-order valence-electron chi connectivity index (χ0n) is 17.1. The summed E-state index contributed by atoms with van der Waals surface area (Å²) in [7, 11) is 0. The van der Waals surface area contributed by atoms with Crippen LogP contribution in [0, 0.1) is 5.92 Å². The van der Waals surface area contributed by atoms with Gasteiger partial charge in [0.1, 0.15) is 18.6 Å². The molecule has 1 aliphatic heterocycles. The van der Waals surface area contributed by atoms with Gasteiger partial charge in [-0.05, 0) is 31.6 Å². The van der Waals surface area contributed by atoms with Crippen molar-refractivity contribution >= 4 is 11.9 Å². The van der Waals surface area contributed by atoms with Gasteiger partial charge in [-0.1, -0.05) is 67.6 Å². The predicted molar refractivity (Wildman–Crippen MR) is 112 cm³/mol. The molecule has 5 heteroatoms. The molecule has 1 heterocycles. The highest BCUT2D eigenvalue weighted by Gasteiger charge is 2.53. The Morgan fingerprint density at radius 2 is 1.45 bits per heavy atom. The number of urea groups is 1. The zero-order chi connectivity index (χ0) is 20.3. The lowest BCUT2D eigenvalue weighted by molar-refractivity contribution is -0.934. The summed E-state index contributed by atoms with van der Waals surface area (Å²) in [5.41, 5.74) is 1.73. The second-order valence-corrected chi connectivity index (χ2v) is 8.66. The lowest BCUT2D eigenvalue weighted by Crippen LogP contribution is -3.11. The molecule has 4 rings (SSSR count). The molecule has 0 aromatic heterocycles. The molecule has 0 unspecified atom stereocenters. The molecule has 29 heavy (non-hydrogen) atoms. The number of nitrogens with one attached hydrogen (secondary N) is 2. The van der Waals surface area contributed by atoms with Crippen molar-refractivity contribution in [1.82, 2.24) is 10.2 Å². The van der Waals surface area contributed by atoms with Crippen LogP contribution < -0.4 is 10.2 Å². The molecule has 2 fully saturated rings. The van der Waals surface area contributed by atoms with Crippen molar-refractivity contribution in [2.75, 3.05) is 6.67 Å². The first-order valence-corrected chi connectivity index (χ1v) is 10.6. The van der Waals surface area contributed by atoms with Crippen molar-refractivity contribution in [1.29, 1.82) is 0 Å². The first kappa shape index (κ1) is 19.6. The fraction of sp³-hybridized carbons (Fsp3) is 0.417. The van der Waals surface area contributed by atoms with Crippen LogP contribution in [0.15, 0.2) is 60.7 Å². The Hall–Kier alpha value is -2.66. The van der Waals surface area contributed by atoms with Crippen LogP contribution >= 0.6 is 0 Å². The third-order valence-corrected chi connectivity index (χ3v) is 6.35. The van der Waals surface area contributed by atoms with Gasteiger partial charge in [0.25, 0.3) is 5.91 Å². The van der Waals surface area contributed by atoms with E-state index in [9.17, 15) is 9.59 Å². The Balaban J connectivity index is 1.52. The molecule has 0 atom stereocenters. The Morgan fingerprint density at radius 1 is 0.931 bits per heavy atom. The summed E-state index contributed by atoms with van der Waals surface area (Å²) in [6.07, 6.45) is 3.48. The number of quaternary nitrogens is 1. The maximum atomic E-state index is 13.3. The first-order chi connectivity index (χ1) is 14.1. The quantitative estimate of drug-likeness (QED) is 0.743. The van der Waals surface area contributed by atoms with Gasteiger partial charge in [-0.15, -0.1) is 0 Å². The van der Waals surface area contributed by atoms with Crippen LogP contribution in [0.1, 0.15) is 43.7 Å². The highest BCUT2D eigenvalue weighted by molar-refractivity contribution is 6.06. The topological polar surface area (TPSA) is 53.9 Å². The van der Waals surface area contributed by atoms with Crippen LogP contribution in [0.25, 0.3) is 0 Å². The van der Waals surface area contributed by atoms with Gasteiger partial charge in [-0.2, -0.15) is 0 Å². The van der Waals surface area contributed by atoms with Crippen molar-refractivity contribution < 1.29 is 14.5 Å². The molecular formula is C24H30N3O2+. The molecular weight excluding hydrogens is 362 g/mol. The number of imide groups is 1. The van der Waals surface area contributed by atoms with E-state index in [2.05, 4.69) is 36.5 Å². The number of rotatable bonds is 6. The summed E-state index contributed by atoms with van der Waals surface area (Å²) in [6.45, 7) is 4.12. The van der Waals surface area contributed by atoms with Crippen LogP contribution in [0.4, 0.5) is 4.79 Å².